The number of hydrogen-bond acceptors (Lipinski definition) is 2. The number of carbonyl (C=O) groups excluding carboxylic acids is 2. The van der Waals surface area contributed by atoms with Crippen LogP contribution in [0, 0.1) is 16.7 Å². The molecule has 0 bridgehead atoms. The summed E-state index contributed by atoms with van der Waals surface area (Å²) in [6.07, 6.45) is 2.36. The van der Waals surface area contributed by atoms with Crippen molar-refractivity contribution < 1.29 is 9.59 Å². The van der Waals surface area contributed by atoms with E-state index in [1.54, 1.807) is 0 Å². The highest BCUT2D eigenvalue weighted by Crippen LogP contribution is 2.32. The van der Waals surface area contributed by atoms with Crippen LogP contribution in [0.15, 0.2) is 0 Å². The molecule has 0 radical (unpaired) electrons. The van der Waals surface area contributed by atoms with Crippen molar-refractivity contribution in [3.8, 4) is 0 Å². The summed E-state index contributed by atoms with van der Waals surface area (Å²) in [4.78, 5) is 24.4. The number of amides is 1. The average molecular weight is 269 g/mol. The molecule has 3 nitrogen and oxygen atoms in total. The maximum Gasteiger partial charge on any atom is 0.224 e. The van der Waals surface area contributed by atoms with E-state index in [0.29, 0.717) is 13.0 Å². The molecule has 0 saturated carbocycles. The van der Waals surface area contributed by atoms with Crippen LogP contribution < -0.4 is 5.32 Å². The number of nitrogens with one attached hydrogen (secondary N) is 1. The molecule has 0 spiro atoms. The lowest BCUT2D eigenvalue weighted by atomic mass is 9.74. The normalized spacial score (nSPS) is 14.1. The first-order valence-corrected chi connectivity index (χ1v) is 7.31. The van der Waals surface area contributed by atoms with Gasteiger partial charge < -0.3 is 5.32 Å². The van der Waals surface area contributed by atoms with Crippen LogP contribution in [0.25, 0.3) is 0 Å². The average Bonchev–Trinajstić information content (AvgIpc) is 2.22. The summed E-state index contributed by atoms with van der Waals surface area (Å²) in [7, 11) is 0. The van der Waals surface area contributed by atoms with Crippen LogP contribution >= 0.6 is 0 Å². The van der Waals surface area contributed by atoms with Crippen molar-refractivity contribution in [1.29, 1.82) is 0 Å². The summed E-state index contributed by atoms with van der Waals surface area (Å²) in [6.45, 7) is 14.6. The molecule has 0 rings (SSSR count). The molecule has 0 aromatic heterocycles. The first-order valence-electron chi connectivity index (χ1n) is 7.31. The first kappa shape index (κ1) is 18.1. The van der Waals surface area contributed by atoms with E-state index in [-0.39, 0.29) is 28.4 Å². The molecule has 0 fully saturated rings. The Hall–Kier alpha value is -0.860. The molecule has 0 aliphatic heterocycles. The molecule has 0 heterocycles. The minimum absolute atomic E-state index is 0.0125. The highest BCUT2D eigenvalue weighted by Gasteiger charge is 2.35. The highest BCUT2D eigenvalue weighted by atomic mass is 16.2. The van der Waals surface area contributed by atoms with Gasteiger partial charge in [-0.25, -0.2) is 0 Å². The van der Waals surface area contributed by atoms with E-state index in [2.05, 4.69) is 12.2 Å². The van der Waals surface area contributed by atoms with Gasteiger partial charge in [-0.2, -0.15) is 0 Å². The second-order valence-electron chi connectivity index (χ2n) is 7.44. The van der Waals surface area contributed by atoms with E-state index in [9.17, 15) is 9.59 Å². The zero-order valence-electron chi connectivity index (χ0n) is 13.7. The van der Waals surface area contributed by atoms with Gasteiger partial charge in [-0.1, -0.05) is 54.9 Å². The van der Waals surface area contributed by atoms with Gasteiger partial charge in [0.15, 0.2) is 0 Å². The van der Waals surface area contributed by atoms with Crippen molar-refractivity contribution >= 4 is 11.7 Å². The fourth-order valence-corrected chi connectivity index (χ4v) is 1.80. The zero-order valence-corrected chi connectivity index (χ0v) is 13.7. The molecule has 112 valence electrons. The second-order valence-corrected chi connectivity index (χ2v) is 7.44. The van der Waals surface area contributed by atoms with Crippen LogP contribution in [-0.2, 0) is 9.59 Å². The van der Waals surface area contributed by atoms with Gasteiger partial charge in [0.05, 0.1) is 0 Å². The fourth-order valence-electron chi connectivity index (χ4n) is 1.80. The standard InChI is InChI=1S/C16H31NO2/c1-8-9-10-17-14(19)12(15(2,3)4)11-13(18)16(5,6)7/h12H,8-11H2,1-7H3,(H,17,19). The molecule has 19 heavy (non-hydrogen) atoms. The smallest absolute Gasteiger partial charge is 0.224 e. The Morgan fingerprint density at radius 1 is 1.05 bits per heavy atom. The number of unbranched alkanes of at least 4 members (excludes halogenated alkanes) is 1. The van der Waals surface area contributed by atoms with Crippen LogP contribution in [0.2, 0.25) is 0 Å². The van der Waals surface area contributed by atoms with Gasteiger partial charge in [-0.3, -0.25) is 9.59 Å². The fraction of sp³-hybridized carbons (Fsp3) is 0.875. The quantitative estimate of drug-likeness (QED) is 0.749. The predicted octanol–water partition coefficient (Wildman–Crippen LogP) is 3.57. The Morgan fingerprint density at radius 3 is 1.95 bits per heavy atom. The largest absolute Gasteiger partial charge is 0.356 e. The van der Waals surface area contributed by atoms with Crippen LogP contribution in [0.1, 0.15) is 67.7 Å². The molecule has 0 aromatic rings. The van der Waals surface area contributed by atoms with Gasteiger partial charge in [0.2, 0.25) is 5.91 Å². The summed E-state index contributed by atoms with van der Waals surface area (Å²) in [5.74, 6) is -0.0901. The molecule has 1 atom stereocenters. The maximum atomic E-state index is 12.3. The van der Waals surface area contributed by atoms with E-state index in [0.717, 1.165) is 12.8 Å². The third kappa shape index (κ3) is 6.74. The van der Waals surface area contributed by atoms with Gasteiger partial charge in [-0.15, -0.1) is 0 Å². The summed E-state index contributed by atoms with van der Waals surface area (Å²) < 4.78 is 0. The summed E-state index contributed by atoms with van der Waals surface area (Å²) >= 11 is 0. The first-order chi connectivity index (χ1) is 8.50. The van der Waals surface area contributed by atoms with Crippen LogP contribution in [0.4, 0.5) is 0 Å². The Bertz CT molecular complexity index is 308. The molecule has 3 heteroatoms. The molecular formula is C16H31NO2. The van der Waals surface area contributed by atoms with E-state index < -0.39 is 0 Å². The van der Waals surface area contributed by atoms with Crippen LogP contribution in [0.3, 0.4) is 0 Å². The van der Waals surface area contributed by atoms with E-state index in [4.69, 9.17) is 0 Å². The minimum atomic E-state index is -0.382. The molecule has 0 saturated heterocycles. The van der Waals surface area contributed by atoms with Gasteiger partial charge >= 0.3 is 0 Å². The number of Topliss-reactive ketones (excluding diaryl/α,β-unsaturated/α-hetero) is 1. The van der Waals surface area contributed by atoms with Crippen LogP contribution in [-0.4, -0.2) is 18.2 Å². The molecule has 1 unspecified atom stereocenters. The van der Waals surface area contributed by atoms with Crippen LogP contribution in [0.5, 0.6) is 0 Å². The molecule has 1 amide bonds. The Kier molecular flexibility index (Phi) is 6.74. The van der Waals surface area contributed by atoms with E-state index in [1.165, 1.54) is 0 Å². The SMILES string of the molecule is CCCCNC(=O)C(CC(=O)C(C)(C)C)C(C)(C)C. The lowest BCUT2D eigenvalue weighted by molar-refractivity contribution is -0.136. The molecular weight excluding hydrogens is 238 g/mol. The Labute approximate surface area is 118 Å². The minimum Gasteiger partial charge on any atom is -0.356 e. The Balaban J connectivity index is 4.75. The highest BCUT2D eigenvalue weighted by molar-refractivity contribution is 5.89. The predicted molar refractivity (Wildman–Crippen MR) is 79.9 cm³/mol. The lowest BCUT2D eigenvalue weighted by Crippen LogP contribution is -2.41. The Morgan fingerprint density at radius 2 is 1.58 bits per heavy atom. The third-order valence-electron chi connectivity index (χ3n) is 3.42. The molecule has 0 aromatic carbocycles. The third-order valence-corrected chi connectivity index (χ3v) is 3.42. The van der Waals surface area contributed by atoms with Crippen molar-refractivity contribution in [2.45, 2.75) is 67.7 Å². The van der Waals surface area contributed by atoms with Gasteiger partial charge in [0.25, 0.3) is 0 Å². The number of rotatable bonds is 6. The monoisotopic (exact) mass is 269 g/mol. The van der Waals surface area contributed by atoms with Crippen molar-refractivity contribution in [2.75, 3.05) is 6.54 Å². The number of hydrogen-bond donors (Lipinski definition) is 1. The maximum absolute atomic E-state index is 12.3. The van der Waals surface area contributed by atoms with E-state index >= 15 is 0 Å². The second kappa shape index (κ2) is 7.06. The number of carbonyl (C=O) groups is 2. The summed E-state index contributed by atoms with van der Waals surface area (Å²) in [5, 5.41) is 2.96. The van der Waals surface area contributed by atoms with Gasteiger partial charge in [0.1, 0.15) is 5.78 Å². The topological polar surface area (TPSA) is 46.2 Å². The van der Waals surface area contributed by atoms with Gasteiger partial charge in [0, 0.05) is 24.3 Å². The van der Waals surface area contributed by atoms with Crippen molar-refractivity contribution in [3.63, 3.8) is 0 Å². The van der Waals surface area contributed by atoms with E-state index in [1.807, 2.05) is 41.5 Å². The zero-order chi connectivity index (χ0) is 15.3. The summed E-state index contributed by atoms with van der Waals surface area (Å²) in [5.41, 5.74) is -0.579. The van der Waals surface area contributed by atoms with Gasteiger partial charge in [-0.05, 0) is 11.8 Å². The molecule has 0 aliphatic rings. The lowest BCUT2D eigenvalue weighted by Gasteiger charge is -2.31. The molecule has 1 N–H and O–H groups in total. The van der Waals surface area contributed by atoms with Crippen molar-refractivity contribution in [2.24, 2.45) is 16.7 Å². The number of ketones is 1. The van der Waals surface area contributed by atoms with Crippen molar-refractivity contribution in [3.05, 3.63) is 0 Å². The molecule has 0 aliphatic carbocycles. The summed E-state index contributed by atoms with van der Waals surface area (Å²) in [6, 6.07) is 0. The van der Waals surface area contributed by atoms with Crippen molar-refractivity contribution in [1.82, 2.24) is 5.32 Å².